The number of aliphatic hydroxyl groups is 1. The second kappa shape index (κ2) is 4.25. The summed E-state index contributed by atoms with van der Waals surface area (Å²) >= 11 is 0. The summed E-state index contributed by atoms with van der Waals surface area (Å²) < 4.78 is 0. The highest BCUT2D eigenvalue weighted by Gasteiger charge is 2.28. The Kier molecular flexibility index (Phi) is 2.96. The van der Waals surface area contributed by atoms with E-state index in [-0.39, 0.29) is 12.0 Å². The smallest absolute Gasteiger partial charge is 0.135 e. The van der Waals surface area contributed by atoms with E-state index < -0.39 is 0 Å². The third-order valence-corrected chi connectivity index (χ3v) is 2.95. The lowest BCUT2D eigenvalue weighted by atomic mass is 9.89. The highest BCUT2D eigenvalue weighted by molar-refractivity contribution is 5.57. The van der Waals surface area contributed by atoms with Crippen LogP contribution in [0.2, 0.25) is 0 Å². The van der Waals surface area contributed by atoms with Crippen molar-refractivity contribution in [2.75, 3.05) is 11.1 Å². The fourth-order valence-corrected chi connectivity index (χ4v) is 1.99. The standard InChI is InChI=1S/C11H18N4O/c1-6(2)9-10(12)13-5-14-11(9)15-7-3-8(16)4-7/h5-8,16H,3-4H2,1-2H3,(H3,12,13,14,15). The van der Waals surface area contributed by atoms with Crippen LogP contribution in [0.1, 0.15) is 38.2 Å². The van der Waals surface area contributed by atoms with Crippen molar-refractivity contribution in [2.45, 2.75) is 44.8 Å². The van der Waals surface area contributed by atoms with Crippen LogP contribution in [-0.4, -0.2) is 27.2 Å². The number of aliphatic hydroxyl groups excluding tert-OH is 1. The molecule has 1 heterocycles. The van der Waals surface area contributed by atoms with Crippen LogP contribution in [0.3, 0.4) is 0 Å². The Morgan fingerprint density at radius 2 is 2.12 bits per heavy atom. The Morgan fingerprint density at radius 3 is 2.69 bits per heavy atom. The lowest BCUT2D eigenvalue weighted by Gasteiger charge is -2.33. The van der Waals surface area contributed by atoms with Crippen LogP contribution in [-0.2, 0) is 0 Å². The van der Waals surface area contributed by atoms with Gasteiger partial charge in [-0.05, 0) is 18.8 Å². The predicted octanol–water partition coefficient (Wildman–Crippen LogP) is 1.12. The normalized spacial score (nSPS) is 24.2. The fraction of sp³-hybridized carbons (Fsp3) is 0.636. The van der Waals surface area contributed by atoms with Gasteiger partial charge in [-0.15, -0.1) is 0 Å². The molecule has 1 aromatic rings. The van der Waals surface area contributed by atoms with E-state index in [1.807, 2.05) is 0 Å². The molecule has 0 saturated heterocycles. The molecule has 5 heteroatoms. The second-order valence-electron chi connectivity index (χ2n) is 4.64. The molecule has 0 atom stereocenters. The lowest BCUT2D eigenvalue weighted by Crippen LogP contribution is -2.39. The Bertz CT molecular complexity index is 374. The summed E-state index contributed by atoms with van der Waals surface area (Å²) in [5.41, 5.74) is 6.81. The summed E-state index contributed by atoms with van der Waals surface area (Å²) in [6.07, 6.45) is 2.86. The maximum absolute atomic E-state index is 9.23. The summed E-state index contributed by atoms with van der Waals surface area (Å²) in [6.45, 7) is 4.13. The minimum atomic E-state index is -0.167. The van der Waals surface area contributed by atoms with Crippen LogP contribution in [0.25, 0.3) is 0 Å². The first kappa shape index (κ1) is 11.1. The minimum Gasteiger partial charge on any atom is -0.393 e. The number of anilines is 2. The van der Waals surface area contributed by atoms with Gasteiger partial charge >= 0.3 is 0 Å². The van der Waals surface area contributed by atoms with Gasteiger partial charge in [-0.2, -0.15) is 0 Å². The van der Waals surface area contributed by atoms with E-state index in [4.69, 9.17) is 5.73 Å². The first-order valence-electron chi connectivity index (χ1n) is 5.63. The molecule has 0 amide bonds. The maximum atomic E-state index is 9.23. The third kappa shape index (κ3) is 2.09. The highest BCUT2D eigenvalue weighted by Crippen LogP contribution is 2.30. The van der Waals surface area contributed by atoms with Crippen molar-refractivity contribution in [1.82, 2.24) is 9.97 Å². The van der Waals surface area contributed by atoms with Crippen molar-refractivity contribution in [3.05, 3.63) is 11.9 Å². The van der Waals surface area contributed by atoms with E-state index >= 15 is 0 Å². The zero-order chi connectivity index (χ0) is 11.7. The fourth-order valence-electron chi connectivity index (χ4n) is 1.99. The van der Waals surface area contributed by atoms with Crippen LogP contribution in [0, 0.1) is 0 Å². The first-order chi connectivity index (χ1) is 7.58. The summed E-state index contributed by atoms with van der Waals surface area (Å²) in [7, 11) is 0. The van der Waals surface area contributed by atoms with Gasteiger partial charge in [-0.25, -0.2) is 9.97 Å². The second-order valence-corrected chi connectivity index (χ2v) is 4.64. The molecule has 4 N–H and O–H groups in total. The van der Waals surface area contributed by atoms with Gasteiger partial charge in [0, 0.05) is 11.6 Å². The van der Waals surface area contributed by atoms with Crippen molar-refractivity contribution >= 4 is 11.6 Å². The monoisotopic (exact) mass is 222 g/mol. The van der Waals surface area contributed by atoms with Crippen LogP contribution in [0.5, 0.6) is 0 Å². The van der Waals surface area contributed by atoms with Gasteiger partial charge in [-0.1, -0.05) is 13.8 Å². The molecule has 0 aromatic carbocycles. The summed E-state index contributed by atoms with van der Waals surface area (Å²) in [5, 5.41) is 12.5. The van der Waals surface area contributed by atoms with Gasteiger partial charge in [0.2, 0.25) is 0 Å². The molecule has 0 aliphatic heterocycles. The molecule has 5 nitrogen and oxygen atoms in total. The molecule has 1 aliphatic carbocycles. The van der Waals surface area contributed by atoms with Gasteiger partial charge in [-0.3, -0.25) is 0 Å². The molecule has 0 bridgehead atoms. The van der Waals surface area contributed by atoms with E-state index in [2.05, 4.69) is 29.1 Å². The van der Waals surface area contributed by atoms with E-state index in [1.165, 1.54) is 6.33 Å². The quantitative estimate of drug-likeness (QED) is 0.713. The molecular weight excluding hydrogens is 204 g/mol. The number of nitrogens with one attached hydrogen (secondary N) is 1. The molecule has 2 rings (SSSR count). The Hall–Kier alpha value is -1.36. The molecule has 1 saturated carbocycles. The number of nitrogens with zero attached hydrogens (tertiary/aromatic N) is 2. The molecule has 16 heavy (non-hydrogen) atoms. The third-order valence-electron chi connectivity index (χ3n) is 2.95. The van der Waals surface area contributed by atoms with Gasteiger partial charge in [0.1, 0.15) is 18.0 Å². The number of hydrogen-bond donors (Lipinski definition) is 3. The van der Waals surface area contributed by atoms with Gasteiger partial charge in [0.15, 0.2) is 0 Å². The SMILES string of the molecule is CC(C)c1c(N)ncnc1NC1CC(O)C1. The molecule has 1 fully saturated rings. The number of nitrogen functional groups attached to an aromatic ring is 1. The van der Waals surface area contributed by atoms with Crippen LogP contribution in [0.15, 0.2) is 6.33 Å². The van der Waals surface area contributed by atoms with Gasteiger partial charge < -0.3 is 16.2 Å². The van der Waals surface area contributed by atoms with E-state index in [9.17, 15) is 5.11 Å². The largest absolute Gasteiger partial charge is 0.393 e. The van der Waals surface area contributed by atoms with E-state index in [0.29, 0.717) is 11.9 Å². The number of nitrogens with two attached hydrogens (primary N) is 1. The zero-order valence-corrected chi connectivity index (χ0v) is 9.64. The average molecular weight is 222 g/mol. The Labute approximate surface area is 95.1 Å². The summed E-state index contributed by atoms with van der Waals surface area (Å²) in [4.78, 5) is 8.23. The number of hydrogen-bond acceptors (Lipinski definition) is 5. The maximum Gasteiger partial charge on any atom is 0.135 e. The highest BCUT2D eigenvalue weighted by atomic mass is 16.3. The van der Waals surface area contributed by atoms with Gasteiger partial charge in [0.25, 0.3) is 0 Å². The van der Waals surface area contributed by atoms with Crippen LogP contribution < -0.4 is 11.1 Å². The van der Waals surface area contributed by atoms with Crippen molar-refractivity contribution < 1.29 is 5.11 Å². The van der Waals surface area contributed by atoms with Gasteiger partial charge in [0.05, 0.1) is 6.10 Å². The molecule has 0 spiro atoms. The van der Waals surface area contributed by atoms with Crippen molar-refractivity contribution in [3.63, 3.8) is 0 Å². The topological polar surface area (TPSA) is 84.1 Å². The summed E-state index contributed by atoms with van der Waals surface area (Å²) in [6, 6.07) is 0.307. The van der Waals surface area contributed by atoms with E-state index in [1.54, 1.807) is 0 Å². The average Bonchev–Trinajstić information content (AvgIpc) is 2.14. The summed E-state index contributed by atoms with van der Waals surface area (Å²) in [5.74, 6) is 1.63. The molecule has 88 valence electrons. The zero-order valence-electron chi connectivity index (χ0n) is 9.64. The Morgan fingerprint density at radius 1 is 1.44 bits per heavy atom. The minimum absolute atomic E-state index is 0.167. The first-order valence-corrected chi connectivity index (χ1v) is 5.63. The van der Waals surface area contributed by atoms with Crippen molar-refractivity contribution in [2.24, 2.45) is 0 Å². The van der Waals surface area contributed by atoms with Crippen LogP contribution >= 0.6 is 0 Å². The molecule has 0 radical (unpaired) electrons. The lowest BCUT2D eigenvalue weighted by molar-refractivity contribution is 0.0835. The van der Waals surface area contributed by atoms with Crippen molar-refractivity contribution in [1.29, 1.82) is 0 Å². The van der Waals surface area contributed by atoms with E-state index in [0.717, 1.165) is 24.2 Å². The Balaban J connectivity index is 2.16. The van der Waals surface area contributed by atoms with Crippen LogP contribution in [0.4, 0.5) is 11.6 Å². The number of rotatable bonds is 3. The molecule has 1 aromatic heterocycles. The number of aromatic nitrogens is 2. The molecular formula is C11H18N4O. The predicted molar refractivity (Wildman–Crippen MR) is 63.2 cm³/mol. The molecule has 1 aliphatic rings. The van der Waals surface area contributed by atoms with Crippen molar-refractivity contribution in [3.8, 4) is 0 Å². The molecule has 0 unspecified atom stereocenters.